The molecule has 9 heteroatoms. The number of nitrogens with zero attached hydrogens (tertiary/aromatic N) is 3. The van der Waals surface area contributed by atoms with Crippen molar-refractivity contribution in [1.82, 2.24) is 15.4 Å². The second kappa shape index (κ2) is 7.67. The molecule has 4 aromatic rings. The zero-order valence-electron chi connectivity index (χ0n) is 13.3. The van der Waals surface area contributed by atoms with Crippen molar-refractivity contribution in [3.63, 3.8) is 0 Å². The minimum Gasteiger partial charge on any atom is -0.484 e. The van der Waals surface area contributed by atoms with E-state index in [9.17, 15) is 0 Å². The van der Waals surface area contributed by atoms with E-state index in [2.05, 4.69) is 15.4 Å². The van der Waals surface area contributed by atoms with Gasteiger partial charge in [-0.1, -0.05) is 28.5 Å². The first-order valence-electron chi connectivity index (χ1n) is 7.59. The van der Waals surface area contributed by atoms with Crippen LogP contribution in [0.5, 0.6) is 5.75 Å². The molecule has 0 amide bonds. The minimum atomic E-state index is 0.182. The van der Waals surface area contributed by atoms with Gasteiger partial charge in [0.15, 0.2) is 12.4 Å². The molecule has 0 aliphatic heterocycles. The molecule has 3 heterocycles. The third-order valence-corrected chi connectivity index (χ3v) is 4.39. The van der Waals surface area contributed by atoms with Crippen molar-refractivity contribution in [2.24, 2.45) is 0 Å². The van der Waals surface area contributed by atoms with E-state index in [0.29, 0.717) is 39.2 Å². The van der Waals surface area contributed by atoms with E-state index in [-0.39, 0.29) is 6.61 Å². The highest BCUT2D eigenvalue weighted by atomic mass is 35.5. The highest BCUT2D eigenvalue weighted by molar-refractivity contribution is 7.98. The van der Waals surface area contributed by atoms with Crippen LogP contribution in [0.2, 0.25) is 5.02 Å². The maximum atomic E-state index is 5.83. The SMILES string of the molecule is Clc1ccc(OCc2nnc(SCc3cc(-c4ccco4)on3)o2)cc1. The Morgan fingerprint density at radius 1 is 1.08 bits per heavy atom. The standard InChI is InChI=1S/C17H12ClN3O4S/c18-11-3-5-13(6-4-11)23-9-16-19-20-17(24-16)26-10-12-8-15(25-21-12)14-2-1-7-22-14/h1-8H,9-10H2. The molecule has 0 aliphatic rings. The number of ether oxygens (including phenoxy) is 1. The summed E-state index contributed by atoms with van der Waals surface area (Å²) in [5.74, 6) is 2.80. The molecule has 0 bridgehead atoms. The maximum absolute atomic E-state index is 5.83. The van der Waals surface area contributed by atoms with E-state index in [1.165, 1.54) is 11.8 Å². The van der Waals surface area contributed by atoms with Gasteiger partial charge in [-0.25, -0.2) is 0 Å². The van der Waals surface area contributed by atoms with E-state index in [1.807, 2.05) is 12.1 Å². The average molecular weight is 390 g/mol. The highest BCUT2D eigenvalue weighted by Crippen LogP contribution is 2.25. The van der Waals surface area contributed by atoms with Crippen LogP contribution in [-0.4, -0.2) is 15.4 Å². The second-order valence-electron chi connectivity index (χ2n) is 5.15. The van der Waals surface area contributed by atoms with Crippen molar-refractivity contribution in [1.29, 1.82) is 0 Å². The van der Waals surface area contributed by atoms with Crippen LogP contribution in [-0.2, 0) is 12.4 Å². The number of furan rings is 1. The fraction of sp³-hybridized carbons (Fsp3) is 0.118. The number of rotatable bonds is 7. The Balaban J connectivity index is 1.30. The molecule has 132 valence electrons. The molecule has 7 nitrogen and oxygen atoms in total. The number of hydrogen-bond donors (Lipinski definition) is 0. The summed E-state index contributed by atoms with van der Waals surface area (Å²) in [4.78, 5) is 0. The summed E-state index contributed by atoms with van der Waals surface area (Å²) >= 11 is 7.19. The molecule has 0 spiro atoms. The summed E-state index contributed by atoms with van der Waals surface area (Å²) in [7, 11) is 0. The predicted molar refractivity (Wildman–Crippen MR) is 93.8 cm³/mol. The van der Waals surface area contributed by atoms with E-state index >= 15 is 0 Å². The lowest BCUT2D eigenvalue weighted by Crippen LogP contribution is -1.95. The fourth-order valence-corrected chi connectivity index (χ4v) is 2.87. The van der Waals surface area contributed by atoms with Crippen molar-refractivity contribution in [3.05, 3.63) is 65.3 Å². The Morgan fingerprint density at radius 2 is 1.96 bits per heavy atom. The van der Waals surface area contributed by atoms with Gasteiger partial charge in [0.1, 0.15) is 5.75 Å². The molecular formula is C17H12ClN3O4S. The van der Waals surface area contributed by atoms with Gasteiger partial charge in [0, 0.05) is 16.8 Å². The molecular weight excluding hydrogens is 378 g/mol. The Labute approximate surface area is 157 Å². The lowest BCUT2D eigenvalue weighted by molar-refractivity contribution is 0.252. The molecule has 0 N–H and O–H groups in total. The summed E-state index contributed by atoms with van der Waals surface area (Å²) in [6.45, 7) is 0.182. The molecule has 0 radical (unpaired) electrons. The van der Waals surface area contributed by atoms with Crippen molar-refractivity contribution in [2.75, 3.05) is 0 Å². The van der Waals surface area contributed by atoms with Crippen molar-refractivity contribution in [2.45, 2.75) is 17.6 Å². The van der Waals surface area contributed by atoms with Gasteiger partial charge in [0.25, 0.3) is 11.1 Å². The van der Waals surface area contributed by atoms with Gasteiger partial charge < -0.3 is 18.1 Å². The van der Waals surface area contributed by atoms with Crippen LogP contribution >= 0.6 is 23.4 Å². The molecule has 1 aromatic carbocycles. The van der Waals surface area contributed by atoms with Crippen LogP contribution in [0.1, 0.15) is 11.6 Å². The van der Waals surface area contributed by atoms with E-state index < -0.39 is 0 Å². The zero-order chi connectivity index (χ0) is 17.8. The van der Waals surface area contributed by atoms with E-state index in [1.54, 1.807) is 36.6 Å². The van der Waals surface area contributed by atoms with Crippen LogP contribution < -0.4 is 4.74 Å². The number of halogens is 1. The topological polar surface area (TPSA) is 87.3 Å². The summed E-state index contributed by atoms with van der Waals surface area (Å²) in [5.41, 5.74) is 0.749. The monoisotopic (exact) mass is 389 g/mol. The molecule has 0 aliphatic carbocycles. The molecule has 0 atom stereocenters. The van der Waals surface area contributed by atoms with E-state index in [4.69, 9.17) is 29.7 Å². The largest absolute Gasteiger partial charge is 0.484 e. The Morgan fingerprint density at radius 3 is 2.77 bits per heavy atom. The average Bonchev–Trinajstić information content (AvgIpc) is 3.40. The van der Waals surface area contributed by atoms with E-state index in [0.717, 1.165) is 5.69 Å². The van der Waals surface area contributed by atoms with Crippen molar-refractivity contribution in [3.8, 4) is 17.3 Å². The van der Waals surface area contributed by atoms with Gasteiger partial charge in [-0.3, -0.25) is 0 Å². The molecule has 3 aromatic heterocycles. The van der Waals surface area contributed by atoms with Crippen molar-refractivity contribution < 1.29 is 18.1 Å². The zero-order valence-corrected chi connectivity index (χ0v) is 14.9. The first kappa shape index (κ1) is 16.7. The van der Waals surface area contributed by atoms with Crippen molar-refractivity contribution >= 4 is 23.4 Å². The van der Waals surface area contributed by atoms with Crippen LogP contribution in [0, 0.1) is 0 Å². The smallest absolute Gasteiger partial charge is 0.277 e. The summed E-state index contributed by atoms with van der Waals surface area (Å²) in [5, 5.41) is 13.0. The van der Waals surface area contributed by atoms with Crippen LogP contribution in [0.15, 0.2) is 67.3 Å². The lowest BCUT2D eigenvalue weighted by Gasteiger charge is -2.02. The van der Waals surface area contributed by atoms with Gasteiger partial charge in [-0.15, -0.1) is 10.2 Å². The molecule has 4 rings (SSSR count). The number of aromatic nitrogens is 3. The normalized spacial score (nSPS) is 11.0. The summed E-state index contributed by atoms with van der Waals surface area (Å²) in [6.07, 6.45) is 1.58. The summed E-state index contributed by atoms with van der Waals surface area (Å²) in [6, 6.07) is 12.5. The van der Waals surface area contributed by atoms with Gasteiger partial charge in [0.05, 0.1) is 12.0 Å². The number of benzene rings is 1. The van der Waals surface area contributed by atoms with Crippen LogP contribution in [0.4, 0.5) is 0 Å². The molecule has 0 fully saturated rings. The molecule has 0 saturated heterocycles. The van der Waals surface area contributed by atoms with Crippen LogP contribution in [0.3, 0.4) is 0 Å². The maximum Gasteiger partial charge on any atom is 0.277 e. The van der Waals surface area contributed by atoms with Gasteiger partial charge >= 0.3 is 0 Å². The first-order valence-corrected chi connectivity index (χ1v) is 8.95. The fourth-order valence-electron chi connectivity index (χ4n) is 2.08. The summed E-state index contributed by atoms with van der Waals surface area (Å²) < 4.78 is 21.6. The first-order chi connectivity index (χ1) is 12.8. The number of hydrogen-bond acceptors (Lipinski definition) is 8. The third kappa shape index (κ3) is 4.09. The number of thioether (sulfide) groups is 1. The third-order valence-electron chi connectivity index (χ3n) is 3.29. The Hall–Kier alpha value is -2.71. The highest BCUT2D eigenvalue weighted by Gasteiger charge is 2.12. The van der Waals surface area contributed by atoms with Gasteiger partial charge in [-0.2, -0.15) is 0 Å². The molecule has 0 saturated carbocycles. The van der Waals surface area contributed by atoms with Crippen LogP contribution in [0.25, 0.3) is 11.5 Å². The van der Waals surface area contributed by atoms with Gasteiger partial charge in [0.2, 0.25) is 5.76 Å². The minimum absolute atomic E-state index is 0.182. The lowest BCUT2D eigenvalue weighted by atomic mass is 10.3. The predicted octanol–water partition coefficient (Wildman–Crippen LogP) is 4.84. The quantitative estimate of drug-likeness (QED) is 0.415. The Kier molecular flexibility index (Phi) is 4.94. The second-order valence-corrected chi connectivity index (χ2v) is 6.52. The Bertz CT molecular complexity index is 966. The molecule has 26 heavy (non-hydrogen) atoms. The molecule has 0 unspecified atom stereocenters. The van der Waals surface area contributed by atoms with Gasteiger partial charge in [-0.05, 0) is 36.4 Å².